The second-order valence-electron chi connectivity index (χ2n) is 7.91. The molecule has 0 amide bonds. The number of fused-ring (bicyclic) bond motifs is 3. The first-order valence-corrected chi connectivity index (χ1v) is 9.20. The maximum absolute atomic E-state index is 12.6. The summed E-state index contributed by atoms with van der Waals surface area (Å²) in [6.45, 7) is 5.10. The van der Waals surface area contributed by atoms with Crippen LogP contribution in [0.3, 0.4) is 0 Å². The van der Waals surface area contributed by atoms with Gasteiger partial charge in [-0.2, -0.15) is 0 Å². The predicted octanol–water partition coefficient (Wildman–Crippen LogP) is 4.23. The van der Waals surface area contributed by atoms with Crippen molar-refractivity contribution in [3.05, 3.63) is 36.5 Å². The van der Waals surface area contributed by atoms with Gasteiger partial charge in [-0.15, -0.1) is 0 Å². The lowest BCUT2D eigenvalue weighted by atomic mass is 9.69. The summed E-state index contributed by atoms with van der Waals surface area (Å²) in [5.74, 6) is 1.97. The van der Waals surface area contributed by atoms with Gasteiger partial charge in [0.1, 0.15) is 19.0 Å². The average molecular weight is 339 g/mol. The lowest BCUT2D eigenvalue weighted by Gasteiger charge is -2.36. The van der Waals surface area contributed by atoms with E-state index >= 15 is 0 Å². The lowest BCUT2D eigenvalue weighted by molar-refractivity contribution is -0.156. The van der Waals surface area contributed by atoms with Crippen LogP contribution >= 0.6 is 0 Å². The number of pyridine rings is 1. The van der Waals surface area contributed by atoms with Gasteiger partial charge in [0.2, 0.25) is 0 Å². The fraction of sp³-hybridized carbons (Fsp3) is 0.524. The number of carbonyl (C=O) groups excluding carboxylic acids is 1. The molecule has 0 saturated heterocycles. The molecule has 0 spiro atoms. The van der Waals surface area contributed by atoms with Crippen molar-refractivity contribution in [3.8, 4) is 5.75 Å². The van der Waals surface area contributed by atoms with Crippen LogP contribution < -0.4 is 4.74 Å². The van der Waals surface area contributed by atoms with Crippen molar-refractivity contribution in [3.63, 3.8) is 0 Å². The lowest BCUT2D eigenvalue weighted by Crippen LogP contribution is -2.37. The number of hydrogen-bond donors (Lipinski definition) is 0. The summed E-state index contributed by atoms with van der Waals surface area (Å²) in [6.07, 6.45) is 5.36. The summed E-state index contributed by atoms with van der Waals surface area (Å²) < 4.78 is 11.4. The smallest absolute Gasteiger partial charge is 0.309 e. The van der Waals surface area contributed by atoms with Crippen LogP contribution in [0.25, 0.3) is 10.9 Å². The van der Waals surface area contributed by atoms with Crippen LogP contribution in [0.2, 0.25) is 0 Å². The van der Waals surface area contributed by atoms with Crippen LogP contribution in [-0.4, -0.2) is 24.2 Å². The molecule has 1 aromatic heterocycles. The van der Waals surface area contributed by atoms with Gasteiger partial charge in [0, 0.05) is 11.6 Å². The van der Waals surface area contributed by atoms with Gasteiger partial charge in [-0.05, 0) is 54.7 Å². The molecule has 132 valence electrons. The fourth-order valence-corrected chi connectivity index (χ4v) is 4.93. The van der Waals surface area contributed by atoms with Gasteiger partial charge in [-0.3, -0.25) is 9.78 Å². The first-order valence-electron chi connectivity index (χ1n) is 9.20. The third-order valence-corrected chi connectivity index (χ3v) is 6.25. The Hall–Kier alpha value is -2.10. The Morgan fingerprint density at radius 1 is 1.20 bits per heavy atom. The minimum atomic E-state index is -0.0413. The van der Waals surface area contributed by atoms with Crippen LogP contribution in [-0.2, 0) is 9.53 Å². The van der Waals surface area contributed by atoms with E-state index in [2.05, 4.69) is 18.8 Å². The summed E-state index contributed by atoms with van der Waals surface area (Å²) in [5.41, 5.74) is 0.975. The van der Waals surface area contributed by atoms with E-state index in [1.165, 1.54) is 19.3 Å². The number of para-hydroxylation sites is 1. The SMILES string of the molecule is CC1(C)C2CCC(C2)C1C(=O)OCCOc1ccnc2ccccc12. The summed E-state index contributed by atoms with van der Waals surface area (Å²) in [7, 11) is 0. The predicted molar refractivity (Wildman–Crippen MR) is 96.3 cm³/mol. The number of rotatable bonds is 5. The second kappa shape index (κ2) is 6.32. The average Bonchev–Trinajstić information content (AvgIpc) is 3.17. The van der Waals surface area contributed by atoms with E-state index in [0.717, 1.165) is 16.7 Å². The summed E-state index contributed by atoms with van der Waals surface area (Å²) in [6, 6.07) is 9.72. The standard InChI is InChI=1S/C21H25NO3/c1-21(2)15-8-7-14(13-15)19(21)20(23)25-12-11-24-18-9-10-22-17-6-4-3-5-16(17)18/h3-6,9-10,14-15,19H,7-8,11-13H2,1-2H3. The van der Waals surface area contributed by atoms with Crippen molar-refractivity contribution in [2.75, 3.05) is 13.2 Å². The highest BCUT2D eigenvalue weighted by molar-refractivity contribution is 5.84. The minimum Gasteiger partial charge on any atom is -0.489 e. The van der Waals surface area contributed by atoms with Gasteiger partial charge in [-0.25, -0.2) is 0 Å². The van der Waals surface area contributed by atoms with Crippen molar-refractivity contribution in [2.24, 2.45) is 23.2 Å². The Bertz CT molecular complexity index is 780. The number of benzene rings is 1. The zero-order chi connectivity index (χ0) is 17.4. The molecule has 2 saturated carbocycles. The van der Waals surface area contributed by atoms with E-state index in [1.807, 2.05) is 30.3 Å². The molecule has 3 atom stereocenters. The Morgan fingerprint density at radius 2 is 2.04 bits per heavy atom. The van der Waals surface area contributed by atoms with Gasteiger partial charge < -0.3 is 9.47 Å². The Labute approximate surface area is 148 Å². The highest BCUT2D eigenvalue weighted by Gasteiger charge is 2.56. The van der Waals surface area contributed by atoms with Crippen molar-refractivity contribution in [1.82, 2.24) is 4.98 Å². The zero-order valence-electron chi connectivity index (χ0n) is 14.9. The molecule has 0 radical (unpaired) electrons. The maximum atomic E-state index is 12.6. The number of esters is 1. The topological polar surface area (TPSA) is 48.4 Å². The largest absolute Gasteiger partial charge is 0.489 e. The molecule has 4 nitrogen and oxygen atoms in total. The molecule has 4 heteroatoms. The maximum Gasteiger partial charge on any atom is 0.309 e. The highest BCUT2D eigenvalue weighted by atomic mass is 16.6. The molecule has 2 aliphatic carbocycles. The molecule has 2 aliphatic rings. The number of nitrogens with zero attached hydrogens (tertiary/aromatic N) is 1. The van der Waals surface area contributed by atoms with Crippen molar-refractivity contribution in [1.29, 1.82) is 0 Å². The molecular formula is C21H25NO3. The number of hydrogen-bond acceptors (Lipinski definition) is 4. The van der Waals surface area contributed by atoms with E-state index in [9.17, 15) is 4.79 Å². The van der Waals surface area contributed by atoms with Gasteiger partial charge in [0.15, 0.2) is 0 Å². The molecule has 2 aromatic rings. The van der Waals surface area contributed by atoms with Crippen LogP contribution in [0.15, 0.2) is 36.5 Å². The van der Waals surface area contributed by atoms with Gasteiger partial charge in [-0.1, -0.05) is 26.0 Å². The van der Waals surface area contributed by atoms with Gasteiger partial charge in [0.25, 0.3) is 0 Å². The number of ether oxygens (including phenoxy) is 2. The number of aromatic nitrogens is 1. The van der Waals surface area contributed by atoms with Crippen LogP contribution in [0, 0.1) is 23.2 Å². The molecule has 1 heterocycles. The summed E-state index contributed by atoms with van der Waals surface area (Å²) in [4.78, 5) is 16.9. The minimum absolute atomic E-state index is 0.0413. The third-order valence-electron chi connectivity index (χ3n) is 6.25. The fourth-order valence-electron chi connectivity index (χ4n) is 4.93. The molecule has 4 rings (SSSR count). The van der Waals surface area contributed by atoms with Crippen molar-refractivity contribution < 1.29 is 14.3 Å². The van der Waals surface area contributed by atoms with Crippen molar-refractivity contribution in [2.45, 2.75) is 33.1 Å². The van der Waals surface area contributed by atoms with E-state index in [1.54, 1.807) is 6.20 Å². The second-order valence-corrected chi connectivity index (χ2v) is 7.91. The Balaban J connectivity index is 1.33. The van der Waals surface area contributed by atoms with E-state index in [-0.39, 0.29) is 17.3 Å². The Morgan fingerprint density at radius 3 is 2.84 bits per heavy atom. The van der Waals surface area contributed by atoms with Crippen molar-refractivity contribution >= 4 is 16.9 Å². The Kier molecular flexibility index (Phi) is 4.14. The highest BCUT2D eigenvalue weighted by Crippen LogP contribution is 2.59. The summed E-state index contributed by atoms with van der Waals surface area (Å²) >= 11 is 0. The van der Waals surface area contributed by atoms with E-state index in [4.69, 9.17) is 9.47 Å². The molecule has 3 unspecified atom stereocenters. The van der Waals surface area contributed by atoms with Gasteiger partial charge >= 0.3 is 5.97 Å². The first-order chi connectivity index (χ1) is 12.1. The molecular weight excluding hydrogens is 314 g/mol. The zero-order valence-corrected chi connectivity index (χ0v) is 14.9. The molecule has 0 aliphatic heterocycles. The quantitative estimate of drug-likeness (QED) is 0.604. The molecule has 0 N–H and O–H groups in total. The monoisotopic (exact) mass is 339 g/mol. The molecule has 1 aromatic carbocycles. The molecule has 25 heavy (non-hydrogen) atoms. The van der Waals surface area contributed by atoms with E-state index in [0.29, 0.717) is 25.0 Å². The van der Waals surface area contributed by atoms with Crippen LogP contribution in [0.4, 0.5) is 0 Å². The molecule has 2 bridgehead atoms. The van der Waals surface area contributed by atoms with Gasteiger partial charge in [0.05, 0.1) is 11.4 Å². The first kappa shape index (κ1) is 16.4. The third kappa shape index (κ3) is 2.88. The van der Waals surface area contributed by atoms with Crippen LogP contribution in [0.5, 0.6) is 5.75 Å². The number of carbonyl (C=O) groups is 1. The van der Waals surface area contributed by atoms with Crippen LogP contribution in [0.1, 0.15) is 33.1 Å². The molecule has 2 fully saturated rings. The van der Waals surface area contributed by atoms with E-state index < -0.39 is 0 Å². The summed E-state index contributed by atoms with van der Waals surface area (Å²) in [5, 5.41) is 0.977. The normalized spacial score (nSPS) is 26.7.